The molecule has 1 rings (SSSR count). The lowest BCUT2D eigenvalue weighted by atomic mass is 10.0. The van der Waals surface area contributed by atoms with E-state index in [0.29, 0.717) is 5.69 Å². The average Bonchev–Trinajstić information content (AvgIpc) is 2.29. The topological polar surface area (TPSA) is 64.3 Å². The number of nitrogens with one attached hydrogen (secondary N) is 1. The van der Waals surface area contributed by atoms with Crippen LogP contribution in [0.4, 0.5) is 11.4 Å². The second-order valence-electron chi connectivity index (χ2n) is 5.36. The van der Waals surface area contributed by atoms with Crippen molar-refractivity contribution in [3.63, 3.8) is 0 Å². The van der Waals surface area contributed by atoms with Crippen LogP contribution >= 0.6 is 0 Å². The standard InChI is InChI=1S/C15H22N2O2/c1-10-11(6-8-12(17-5)14(10)16)7-9-13(18)19-15(2,3)4/h6-9,17H,16H2,1-5H3/b9-7+. The lowest BCUT2D eigenvalue weighted by Gasteiger charge is -2.18. The van der Waals surface area contributed by atoms with E-state index in [9.17, 15) is 4.79 Å². The number of nitrogen functional groups attached to an aromatic ring is 1. The summed E-state index contributed by atoms with van der Waals surface area (Å²) < 4.78 is 5.21. The second kappa shape index (κ2) is 5.78. The van der Waals surface area contributed by atoms with E-state index >= 15 is 0 Å². The average molecular weight is 262 g/mol. The molecule has 0 amide bonds. The third-order valence-corrected chi connectivity index (χ3v) is 2.63. The van der Waals surface area contributed by atoms with Gasteiger partial charge in [0.15, 0.2) is 0 Å². The first-order valence-electron chi connectivity index (χ1n) is 6.22. The van der Waals surface area contributed by atoms with Crippen LogP contribution in [0.3, 0.4) is 0 Å². The number of esters is 1. The predicted octanol–water partition coefficient (Wildman–Crippen LogP) is 2.97. The quantitative estimate of drug-likeness (QED) is 0.499. The van der Waals surface area contributed by atoms with Gasteiger partial charge in [-0.25, -0.2) is 4.79 Å². The number of benzene rings is 1. The summed E-state index contributed by atoms with van der Waals surface area (Å²) in [7, 11) is 1.82. The molecule has 3 N–H and O–H groups in total. The van der Waals surface area contributed by atoms with E-state index in [2.05, 4.69) is 5.32 Å². The zero-order valence-electron chi connectivity index (χ0n) is 12.2. The number of ether oxygens (including phenoxy) is 1. The molecule has 0 spiro atoms. The molecular weight excluding hydrogens is 240 g/mol. The number of anilines is 2. The SMILES string of the molecule is CNc1ccc(/C=C/C(=O)OC(C)(C)C)c(C)c1N. The van der Waals surface area contributed by atoms with Gasteiger partial charge in [0, 0.05) is 13.1 Å². The van der Waals surface area contributed by atoms with Crippen LogP contribution in [0.2, 0.25) is 0 Å². The van der Waals surface area contributed by atoms with Gasteiger partial charge in [-0.15, -0.1) is 0 Å². The normalized spacial score (nSPS) is 11.6. The first kappa shape index (κ1) is 15.1. The van der Waals surface area contributed by atoms with Gasteiger partial charge >= 0.3 is 5.97 Å². The molecule has 1 aromatic rings. The maximum Gasteiger partial charge on any atom is 0.331 e. The number of rotatable bonds is 3. The third-order valence-electron chi connectivity index (χ3n) is 2.63. The fourth-order valence-corrected chi connectivity index (χ4v) is 1.64. The smallest absolute Gasteiger partial charge is 0.331 e. The van der Waals surface area contributed by atoms with Crippen LogP contribution in [0.5, 0.6) is 0 Å². The van der Waals surface area contributed by atoms with Gasteiger partial charge in [-0.3, -0.25) is 0 Å². The fraction of sp³-hybridized carbons (Fsp3) is 0.400. The molecule has 0 aliphatic carbocycles. The largest absolute Gasteiger partial charge is 0.457 e. The minimum Gasteiger partial charge on any atom is -0.457 e. The van der Waals surface area contributed by atoms with Gasteiger partial charge in [-0.2, -0.15) is 0 Å². The molecule has 0 aliphatic heterocycles. The molecule has 0 aromatic heterocycles. The van der Waals surface area contributed by atoms with E-state index in [0.717, 1.165) is 16.8 Å². The summed E-state index contributed by atoms with van der Waals surface area (Å²) >= 11 is 0. The Morgan fingerprint density at radius 2 is 2.00 bits per heavy atom. The third kappa shape index (κ3) is 4.32. The van der Waals surface area contributed by atoms with Crippen molar-refractivity contribution in [2.45, 2.75) is 33.3 Å². The molecular formula is C15H22N2O2. The molecule has 1 aromatic carbocycles. The summed E-state index contributed by atoms with van der Waals surface area (Å²) in [6.45, 7) is 7.43. The van der Waals surface area contributed by atoms with E-state index in [1.54, 1.807) is 6.08 Å². The molecule has 0 fully saturated rings. The van der Waals surface area contributed by atoms with Crippen molar-refractivity contribution in [1.29, 1.82) is 0 Å². The minimum absolute atomic E-state index is 0.358. The van der Waals surface area contributed by atoms with E-state index < -0.39 is 5.60 Å². The Labute approximate surface area is 114 Å². The Morgan fingerprint density at radius 3 is 2.53 bits per heavy atom. The summed E-state index contributed by atoms with van der Waals surface area (Å²) in [6.07, 6.45) is 3.14. The molecule has 0 heterocycles. The van der Waals surface area contributed by atoms with Crippen molar-refractivity contribution < 1.29 is 9.53 Å². The van der Waals surface area contributed by atoms with Crippen molar-refractivity contribution in [3.8, 4) is 0 Å². The van der Waals surface area contributed by atoms with E-state index in [1.165, 1.54) is 6.08 Å². The monoisotopic (exact) mass is 262 g/mol. The highest BCUT2D eigenvalue weighted by Gasteiger charge is 2.14. The van der Waals surface area contributed by atoms with Crippen LogP contribution in [0.25, 0.3) is 6.08 Å². The molecule has 0 aliphatic rings. The van der Waals surface area contributed by atoms with Crippen molar-refractivity contribution in [2.24, 2.45) is 0 Å². The van der Waals surface area contributed by atoms with Crippen LogP contribution < -0.4 is 11.1 Å². The van der Waals surface area contributed by atoms with Gasteiger partial charge in [-0.05, 0) is 51.0 Å². The van der Waals surface area contributed by atoms with Gasteiger partial charge in [0.25, 0.3) is 0 Å². The lowest BCUT2D eigenvalue weighted by molar-refractivity contribution is -0.148. The first-order chi connectivity index (χ1) is 8.74. The zero-order valence-corrected chi connectivity index (χ0v) is 12.2. The predicted molar refractivity (Wildman–Crippen MR) is 80.0 cm³/mol. The number of nitrogens with two attached hydrogens (primary N) is 1. The number of hydrogen-bond acceptors (Lipinski definition) is 4. The molecule has 0 unspecified atom stereocenters. The summed E-state index contributed by atoms with van der Waals surface area (Å²) in [5.41, 5.74) is 8.92. The fourth-order valence-electron chi connectivity index (χ4n) is 1.64. The van der Waals surface area contributed by atoms with E-state index in [-0.39, 0.29) is 5.97 Å². The summed E-state index contributed by atoms with van der Waals surface area (Å²) in [6, 6.07) is 3.80. The Balaban J connectivity index is 2.89. The van der Waals surface area contributed by atoms with Gasteiger partial charge in [0.2, 0.25) is 0 Å². The maximum absolute atomic E-state index is 11.6. The minimum atomic E-state index is -0.481. The van der Waals surface area contributed by atoms with Crippen LogP contribution in [0.15, 0.2) is 18.2 Å². The van der Waals surface area contributed by atoms with Crippen LogP contribution in [-0.4, -0.2) is 18.6 Å². The highest BCUT2D eigenvalue weighted by atomic mass is 16.6. The van der Waals surface area contributed by atoms with Gasteiger partial charge in [0.1, 0.15) is 5.60 Å². The van der Waals surface area contributed by atoms with Crippen LogP contribution in [0.1, 0.15) is 31.9 Å². The van der Waals surface area contributed by atoms with Gasteiger partial charge in [-0.1, -0.05) is 6.07 Å². The molecule has 4 heteroatoms. The first-order valence-corrected chi connectivity index (χ1v) is 6.22. The van der Waals surface area contributed by atoms with Crippen LogP contribution in [0, 0.1) is 6.92 Å². The van der Waals surface area contributed by atoms with Gasteiger partial charge < -0.3 is 15.8 Å². The summed E-state index contributed by atoms with van der Waals surface area (Å²) in [5, 5.41) is 3.02. The molecule has 0 radical (unpaired) electrons. The Morgan fingerprint density at radius 1 is 1.37 bits per heavy atom. The number of carbonyl (C=O) groups is 1. The maximum atomic E-state index is 11.6. The molecule has 19 heavy (non-hydrogen) atoms. The van der Waals surface area contributed by atoms with Gasteiger partial charge in [0.05, 0.1) is 11.4 Å². The molecule has 0 saturated heterocycles. The zero-order chi connectivity index (χ0) is 14.6. The van der Waals surface area contributed by atoms with Crippen molar-refractivity contribution in [3.05, 3.63) is 29.3 Å². The molecule has 0 atom stereocenters. The van der Waals surface area contributed by atoms with Crippen LogP contribution in [-0.2, 0) is 9.53 Å². The highest BCUT2D eigenvalue weighted by Crippen LogP contribution is 2.26. The van der Waals surface area contributed by atoms with E-state index in [1.807, 2.05) is 46.9 Å². The summed E-state index contributed by atoms with van der Waals surface area (Å²) in [4.78, 5) is 11.6. The Hall–Kier alpha value is -1.97. The number of hydrogen-bond donors (Lipinski definition) is 2. The molecule has 4 nitrogen and oxygen atoms in total. The van der Waals surface area contributed by atoms with Crippen molar-refractivity contribution >= 4 is 23.4 Å². The second-order valence-corrected chi connectivity index (χ2v) is 5.36. The van der Waals surface area contributed by atoms with E-state index in [4.69, 9.17) is 10.5 Å². The Kier molecular flexibility index (Phi) is 4.59. The number of carbonyl (C=O) groups excluding carboxylic acids is 1. The van der Waals surface area contributed by atoms with Crippen molar-refractivity contribution in [2.75, 3.05) is 18.1 Å². The summed E-state index contributed by atoms with van der Waals surface area (Å²) in [5.74, 6) is -0.358. The van der Waals surface area contributed by atoms with Crippen molar-refractivity contribution in [1.82, 2.24) is 0 Å². The Bertz CT molecular complexity index is 500. The molecule has 104 valence electrons. The lowest BCUT2D eigenvalue weighted by Crippen LogP contribution is -2.22. The molecule has 0 bridgehead atoms. The highest BCUT2D eigenvalue weighted by molar-refractivity contribution is 5.88. The molecule has 0 saturated carbocycles.